The highest BCUT2D eigenvalue weighted by molar-refractivity contribution is 6.31. The van der Waals surface area contributed by atoms with Gasteiger partial charge in [-0.2, -0.15) is 0 Å². The molecule has 0 aliphatic rings. The lowest BCUT2D eigenvalue weighted by Gasteiger charge is -2.11. The van der Waals surface area contributed by atoms with Gasteiger partial charge in [0.25, 0.3) is 0 Å². The van der Waals surface area contributed by atoms with E-state index in [4.69, 9.17) is 21.1 Å². The quantitative estimate of drug-likeness (QED) is 0.703. The van der Waals surface area contributed by atoms with Crippen LogP contribution in [0.25, 0.3) is 0 Å². The molecule has 0 aromatic heterocycles. The Morgan fingerprint density at radius 2 is 1.92 bits per heavy atom. The van der Waals surface area contributed by atoms with Crippen molar-refractivity contribution >= 4 is 23.2 Å². The second-order valence-corrected chi connectivity index (χ2v) is 5.78. The van der Waals surface area contributed by atoms with Gasteiger partial charge >= 0.3 is 0 Å². The first kappa shape index (κ1) is 18.1. The molecule has 0 bridgehead atoms. The van der Waals surface area contributed by atoms with Crippen molar-refractivity contribution in [2.45, 2.75) is 26.2 Å². The number of methoxy groups -OCH3 is 1. The van der Waals surface area contributed by atoms with E-state index in [0.29, 0.717) is 35.9 Å². The molecule has 0 radical (unpaired) electrons. The van der Waals surface area contributed by atoms with E-state index in [1.165, 1.54) is 5.56 Å². The number of halogens is 1. The van der Waals surface area contributed by atoms with Crippen LogP contribution in [0.1, 0.15) is 25.3 Å². The summed E-state index contributed by atoms with van der Waals surface area (Å²) in [7, 11) is 1.55. The fourth-order valence-electron chi connectivity index (χ4n) is 2.23. The fraction of sp³-hybridized carbons (Fsp3) is 0.316. The van der Waals surface area contributed by atoms with Crippen molar-refractivity contribution in [3.63, 3.8) is 0 Å². The smallest absolute Gasteiger partial charge is 0.224 e. The lowest BCUT2D eigenvalue weighted by atomic mass is 10.2. The van der Waals surface area contributed by atoms with Crippen molar-refractivity contribution < 1.29 is 14.3 Å². The van der Waals surface area contributed by atoms with Gasteiger partial charge in [-0.3, -0.25) is 4.79 Å². The van der Waals surface area contributed by atoms with Gasteiger partial charge in [0.05, 0.1) is 19.4 Å². The first-order chi connectivity index (χ1) is 11.6. The molecule has 0 spiro atoms. The highest BCUT2D eigenvalue weighted by atomic mass is 35.5. The molecule has 1 amide bonds. The van der Waals surface area contributed by atoms with E-state index in [-0.39, 0.29) is 5.91 Å². The molecule has 0 atom stereocenters. The van der Waals surface area contributed by atoms with Gasteiger partial charge < -0.3 is 14.8 Å². The average Bonchev–Trinajstić information content (AvgIpc) is 2.59. The van der Waals surface area contributed by atoms with Crippen molar-refractivity contribution in [2.75, 3.05) is 19.0 Å². The summed E-state index contributed by atoms with van der Waals surface area (Å²) in [5, 5.41) is 3.36. The largest absolute Gasteiger partial charge is 0.495 e. The monoisotopic (exact) mass is 347 g/mol. The van der Waals surface area contributed by atoms with Gasteiger partial charge in [-0.1, -0.05) is 30.7 Å². The molecular weight excluding hydrogens is 326 g/mol. The van der Waals surface area contributed by atoms with Gasteiger partial charge in [-0.05, 0) is 48.7 Å². The Balaban J connectivity index is 1.76. The number of rotatable bonds is 8. The molecule has 2 aromatic rings. The number of nitrogens with one attached hydrogen (secondary N) is 1. The second-order valence-electron chi connectivity index (χ2n) is 5.34. The predicted molar refractivity (Wildman–Crippen MR) is 97.2 cm³/mol. The molecule has 2 rings (SSSR count). The Labute approximate surface area is 147 Å². The third-order valence-corrected chi connectivity index (χ3v) is 3.82. The maximum Gasteiger partial charge on any atom is 0.224 e. The minimum absolute atomic E-state index is 0.0968. The summed E-state index contributed by atoms with van der Waals surface area (Å²) in [5.41, 5.74) is 1.85. The Hall–Kier alpha value is -2.20. The first-order valence-corrected chi connectivity index (χ1v) is 8.35. The molecule has 0 unspecified atom stereocenters. The third-order valence-electron chi connectivity index (χ3n) is 3.58. The zero-order chi connectivity index (χ0) is 17.4. The molecule has 0 aliphatic carbocycles. The number of carbonyl (C=O) groups excluding carboxylic acids is 1. The summed E-state index contributed by atoms with van der Waals surface area (Å²) in [6, 6.07) is 13.1. The normalized spacial score (nSPS) is 10.3. The van der Waals surface area contributed by atoms with Crippen molar-refractivity contribution in [1.82, 2.24) is 0 Å². The molecule has 2 aromatic carbocycles. The van der Waals surface area contributed by atoms with E-state index >= 15 is 0 Å². The molecule has 128 valence electrons. The number of hydrogen-bond acceptors (Lipinski definition) is 3. The van der Waals surface area contributed by atoms with Crippen LogP contribution in [-0.2, 0) is 11.2 Å². The minimum Gasteiger partial charge on any atom is -0.495 e. The number of aryl methyl sites for hydroxylation is 1. The van der Waals surface area contributed by atoms with Crippen LogP contribution in [0, 0.1) is 0 Å². The van der Waals surface area contributed by atoms with Crippen molar-refractivity contribution in [1.29, 1.82) is 0 Å². The van der Waals surface area contributed by atoms with E-state index in [9.17, 15) is 4.79 Å². The highest BCUT2D eigenvalue weighted by Crippen LogP contribution is 2.27. The van der Waals surface area contributed by atoms with Crippen LogP contribution in [0.3, 0.4) is 0 Å². The zero-order valence-corrected chi connectivity index (χ0v) is 14.7. The van der Waals surface area contributed by atoms with Gasteiger partial charge in [0.2, 0.25) is 5.91 Å². The molecule has 24 heavy (non-hydrogen) atoms. The molecule has 0 heterocycles. The summed E-state index contributed by atoms with van der Waals surface area (Å²) in [6.07, 6.45) is 2.00. The number of carbonyl (C=O) groups is 1. The van der Waals surface area contributed by atoms with Crippen LogP contribution in [0.5, 0.6) is 11.5 Å². The predicted octanol–water partition coefficient (Wildman–Crippen LogP) is 4.71. The van der Waals surface area contributed by atoms with Gasteiger partial charge in [0.1, 0.15) is 11.5 Å². The second kappa shape index (κ2) is 9.18. The molecule has 5 heteroatoms. The SMILES string of the molecule is CCc1ccc(OCCCC(=O)Nc2cc(Cl)ccc2OC)cc1. The van der Waals surface area contributed by atoms with E-state index in [2.05, 4.69) is 12.2 Å². The van der Waals surface area contributed by atoms with Crippen LogP contribution in [0.15, 0.2) is 42.5 Å². The van der Waals surface area contributed by atoms with Crippen molar-refractivity contribution in [3.8, 4) is 11.5 Å². The number of ether oxygens (including phenoxy) is 2. The first-order valence-electron chi connectivity index (χ1n) is 7.97. The summed E-state index contributed by atoms with van der Waals surface area (Å²) < 4.78 is 10.8. The average molecular weight is 348 g/mol. The summed E-state index contributed by atoms with van der Waals surface area (Å²) >= 11 is 5.95. The fourth-order valence-corrected chi connectivity index (χ4v) is 2.41. The Morgan fingerprint density at radius 3 is 2.58 bits per heavy atom. The van der Waals surface area contributed by atoms with Gasteiger partial charge in [0.15, 0.2) is 0 Å². The number of amides is 1. The Bertz CT molecular complexity index is 671. The van der Waals surface area contributed by atoms with Crippen LogP contribution < -0.4 is 14.8 Å². The number of hydrogen-bond donors (Lipinski definition) is 1. The Kier molecular flexibility index (Phi) is 6.94. The maximum absolute atomic E-state index is 12.0. The molecule has 4 nitrogen and oxygen atoms in total. The van der Waals surface area contributed by atoms with E-state index < -0.39 is 0 Å². The lowest BCUT2D eigenvalue weighted by molar-refractivity contribution is -0.116. The molecule has 1 N–H and O–H groups in total. The summed E-state index contributed by atoms with van der Waals surface area (Å²) in [5.74, 6) is 1.31. The standard InChI is InChI=1S/C19H22ClNO3/c1-3-14-6-9-16(10-7-14)24-12-4-5-19(22)21-17-13-15(20)8-11-18(17)23-2/h6-11,13H,3-5,12H2,1-2H3,(H,21,22). The van der Waals surface area contributed by atoms with Crippen molar-refractivity contribution in [3.05, 3.63) is 53.1 Å². The highest BCUT2D eigenvalue weighted by Gasteiger charge is 2.08. The van der Waals surface area contributed by atoms with E-state index in [0.717, 1.165) is 12.2 Å². The third kappa shape index (κ3) is 5.46. The van der Waals surface area contributed by atoms with Crippen molar-refractivity contribution in [2.24, 2.45) is 0 Å². The molecule has 0 saturated carbocycles. The zero-order valence-electron chi connectivity index (χ0n) is 14.0. The van der Waals surface area contributed by atoms with Crippen LogP contribution >= 0.6 is 11.6 Å². The van der Waals surface area contributed by atoms with Gasteiger partial charge in [-0.25, -0.2) is 0 Å². The summed E-state index contributed by atoms with van der Waals surface area (Å²) in [6.45, 7) is 2.61. The van der Waals surface area contributed by atoms with E-state index in [1.807, 2.05) is 24.3 Å². The Morgan fingerprint density at radius 1 is 1.17 bits per heavy atom. The maximum atomic E-state index is 12.0. The topological polar surface area (TPSA) is 47.6 Å². The molecule has 0 saturated heterocycles. The number of anilines is 1. The lowest BCUT2D eigenvalue weighted by Crippen LogP contribution is -2.13. The van der Waals surface area contributed by atoms with E-state index in [1.54, 1.807) is 25.3 Å². The van der Waals surface area contributed by atoms with Gasteiger partial charge in [-0.15, -0.1) is 0 Å². The van der Waals surface area contributed by atoms with Crippen LogP contribution in [0.2, 0.25) is 5.02 Å². The minimum atomic E-state index is -0.0968. The van der Waals surface area contributed by atoms with Gasteiger partial charge in [0, 0.05) is 11.4 Å². The summed E-state index contributed by atoms with van der Waals surface area (Å²) in [4.78, 5) is 12.0. The molecule has 0 aliphatic heterocycles. The molecular formula is C19H22ClNO3. The molecule has 0 fully saturated rings. The number of benzene rings is 2. The van der Waals surface area contributed by atoms with Crippen LogP contribution in [0.4, 0.5) is 5.69 Å². The van der Waals surface area contributed by atoms with Crippen LogP contribution in [-0.4, -0.2) is 19.6 Å².